The van der Waals surface area contributed by atoms with Gasteiger partial charge in [0.25, 0.3) is 0 Å². The summed E-state index contributed by atoms with van der Waals surface area (Å²) in [4.78, 5) is 0. The summed E-state index contributed by atoms with van der Waals surface area (Å²) in [5.41, 5.74) is 5.08. The average Bonchev–Trinajstić information content (AvgIpc) is 3.20. The molecule has 1 aromatic heterocycles. The summed E-state index contributed by atoms with van der Waals surface area (Å²) in [6.07, 6.45) is 1.81. The van der Waals surface area contributed by atoms with Crippen molar-refractivity contribution in [3.63, 3.8) is 0 Å². The van der Waals surface area contributed by atoms with Gasteiger partial charge in [0.2, 0.25) is 0 Å². The number of aryl methyl sites for hydroxylation is 1. The van der Waals surface area contributed by atoms with Gasteiger partial charge < -0.3 is 14.0 Å². The Hall–Kier alpha value is -4.03. The molecule has 0 fully saturated rings. The summed E-state index contributed by atoms with van der Waals surface area (Å²) in [5.74, 6) is 2.07. The fourth-order valence-corrected chi connectivity index (χ4v) is 4.48. The quantitative estimate of drug-likeness (QED) is 0.156. The van der Waals surface area contributed by atoms with E-state index in [0.29, 0.717) is 11.5 Å². The van der Waals surface area contributed by atoms with Gasteiger partial charge in [-0.3, -0.25) is 5.01 Å². The van der Waals surface area contributed by atoms with Crippen LogP contribution in [0.15, 0.2) is 107 Å². The molecule has 5 nitrogen and oxygen atoms in total. The van der Waals surface area contributed by atoms with Crippen LogP contribution in [0.25, 0.3) is 22.2 Å². The number of nitrogens with zero attached hydrogens (tertiary/aromatic N) is 3. The highest BCUT2D eigenvalue weighted by molar-refractivity contribution is 9.10. The summed E-state index contributed by atoms with van der Waals surface area (Å²) in [5, 5.41) is 7.43. The highest BCUT2D eigenvalue weighted by Gasteiger charge is 2.20. The fraction of sp³-hybridized carbons (Fsp3) is 0.100. The van der Waals surface area contributed by atoms with Crippen LogP contribution in [-0.4, -0.2) is 24.9 Å². The van der Waals surface area contributed by atoms with E-state index in [1.54, 1.807) is 7.11 Å². The molecule has 0 aliphatic heterocycles. The van der Waals surface area contributed by atoms with Crippen LogP contribution >= 0.6 is 15.9 Å². The van der Waals surface area contributed by atoms with Crippen molar-refractivity contribution in [2.45, 2.75) is 0 Å². The summed E-state index contributed by atoms with van der Waals surface area (Å²) in [6, 6.07) is 32.4. The predicted octanol–water partition coefficient (Wildman–Crippen LogP) is 7.88. The van der Waals surface area contributed by atoms with E-state index in [9.17, 15) is 0 Å². The lowest BCUT2D eigenvalue weighted by Gasteiger charge is -2.14. The van der Waals surface area contributed by atoms with Crippen molar-refractivity contribution in [2.75, 3.05) is 19.2 Å². The molecule has 0 spiro atoms. The normalized spacial score (nSPS) is 11.2. The molecule has 0 radical (unpaired) electrons. The highest BCUT2D eigenvalue weighted by Crippen LogP contribution is 2.44. The van der Waals surface area contributed by atoms with E-state index in [1.807, 2.05) is 91.1 Å². The molecular formula is C30H26BrN3O2. The molecule has 36 heavy (non-hydrogen) atoms. The van der Waals surface area contributed by atoms with E-state index in [0.717, 1.165) is 43.6 Å². The maximum absolute atomic E-state index is 6.59. The van der Waals surface area contributed by atoms with Gasteiger partial charge in [-0.05, 0) is 60.2 Å². The molecule has 0 atom stereocenters. The summed E-state index contributed by atoms with van der Waals surface area (Å²) >= 11 is 3.54. The lowest BCUT2D eigenvalue weighted by atomic mass is 10.1. The zero-order valence-corrected chi connectivity index (χ0v) is 21.9. The average molecular weight is 540 g/mol. The van der Waals surface area contributed by atoms with Crippen LogP contribution in [0.3, 0.4) is 0 Å². The highest BCUT2D eigenvalue weighted by atomic mass is 79.9. The summed E-state index contributed by atoms with van der Waals surface area (Å²) in [6.45, 7) is 0. The zero-order valence-electron chi connectivity index (χ0n) is 20.4. The van der Waals surface area contributed by atoms with E-state index in [1.165, 1.54) is 0 Å². The van der Waals surface area contributed by atoms with E-state index in [2.05, 4.69) is 56.9 Å². The molecule has 0 aliphatic rings. The van der Waals surface area contributed by atoms with Gasteiger partial charge in [-0.2, -0.15) is 5.10 Å². The zero-order chi connectivity index (χ0) is 25.1. The Bertz CT molecular complexity index is 1530. The second-order valence-electron chi connectivity index (χ2n) is 8.38. The SMILES string of the molecule is COc1cc(C=NN(C)c2ccccc2)ccc1Oc1c(-c2ccc(Br)cc2)n(C)c2ccccc12. The number of para-hydroxylation sites is 2. The molecule has 0 bridgehead atoms. The van der Waals surface area contributed by atoms with Gasteiger partial charge >= 0.3 is 0 Å². The van der Waals surface area contributed by atoms with Crippen molar-refractivity contribution in [3.05, 3.63) is 107 Å². The summed E-state index contributed by atoms with van der Waals surface area (Å²) < 4.78 is 15.5. The second kappa shape index (κ2) is 10.3. The summed E-state index contributed by atoms with van der Waals surface area (Å²) in [7, 11) is 5.63. The number of hydrogen-bond acceptors (Lipinski definition) is 4. The number of benzene rings is 4. The van der Waals surface area contributed by atoms with Gasteiger partial charge in [-0.1, -0.05) is 58.4 Å². The van der Waals surface area contributed by atoms with Gasteiger partial charge in [0, 0.05) is 29.5 Å². The van der Waals surface area contributed by atoms with Crippen molar-refractivity contribution >= 4 is 38.7 Å². The van der Waals surface area contributed by atoms with Gasteiger partial charge in [-0.15, -0.1) is 0 Å². The van der Waals surface area contributed by atoms with Crippen molar-refractivity contribution in [2.24, 2.45) is 12.1 Å². The first kappa shape index (κ1) is 23.7. The molecule has 0 unspecified atom stereocenters. The fourth-order valence-electron chi connectivity index (χ4n) is 4.22. The monoisotopic (exact) mass is 539 g/mol. The number of rotatable bonds is 7. The van der Waals surface area contributed by atoms with E-state index in [-0.39, 0.29) is 0 Å². The van der Waals surface area contributed by atoms with E-state index in [4.69, 9.17) is 9.47 Å². The number of ether oxygens (including phenoxy) is 2. The number of aromatic nitrogens is 1. The minimum Gasteiger partial charge on any atom is -0.493 e. The number of anilines is 1. The van der Waals surface area contributed by atoms with Gasteiger partial charge in [-0.25, -0.2) is 0 Å². The molecule has 0 saturated carbocycles. The Kier molecular flexibility index (Phi) is 6.78. The number of fused-ring (bicyclic) bond motifs is 1. The third-order valence-electron chi connectivity index (χ3n) is 6.09. The van der Waals surface area contributed by atoms with Crippen LogP contribution in [-0.2, 0) is 7.05 Å². The molecule has 5 aromatic rings. The van der Waals surface area contributed by atoms with Gasteiger partial charge in [0.1, 0.15) is 0 Å². The lowest BCUT2D eigenvalue weighted by Crippen LogP contribution is -2.08. The molecule has 4 aromatic carbocycles. The topological polar surface area (TPSA) is 39.0 Å². The largest absolute Gasteiger partial charge is 0.493 e. The Labute approximate surface area is 219 Å². The van der Waals surface area contributed by atoms with Crippen molar-refractivity contribution in [1.29, 1.82) is 0 Å². The Morgan fingerprint density at radius 2 is 1.58 bits per heavy atom. The van der Waals surface area contributed by atoms with E-state index >= 15 is 0 Å². The van der Waals surface area contributed by atoms with E-state index < -0.39 is 0 Å². The first-order valence-electron chi connectivity index (χ1n) is 11.6. The van der Waals surface area contributed by atoms with Crippen LogP contribution in [0.5, 0.6) is 17.2 Å². The number of hydrogen-bond donors (Lipinski definition) is 0. The second-order valence-corrected chi connectivity index (χ2v) is 9.29. The number of methoxy groups -OCH3 is 1. The third-order valence-corrected chi connectivity index (χ3v) is 6.62. The Balaban J connectivity index is 1.51. The van der Waals surface area contributed by atoms with Crippen LogP contribution in [0, 0.1) is 0 Å². The molecule has 5 rings (SSSR count). The molecule has 0 saturated heterocycles. The van der Waals surface area contributed by atoms with Crippen LogP contribution < -0.4 is 14.5 Å². The maximum Gasteiger partial charge on any atom is 0.169 e. The van der Waals surface area contributed by atoms with Crippen LogP contribution in [0.4, 0.5) is 5.69 Å². The minimum absolute atomic E-state index is 0.635. The molecule has 180 valence electrons. The predicted molar refractivity (Wildman–Crippen MR) is 152 cm³/mol. The standard InChI is InChI=1S/C30H26BrN3O2/c1-33-26-12-8-7-11-25(26)30(29(33)22-14-16-23(31)17-15-22)36-27-18-13-21(19-28(27)35-3)20-32-34(2)24-9-5-4-6-10-24/h4-20H,1-3H3. The van der Waals surface area contributed by atoms with Gasteiger partial charge in [0.05, 0.1) is 30.2 Å². The molecule has 0 N–H and O–H groups in total. The maximum atomic E-state index is 6.59. The van der Waals surface area contributed by atoms with Gasteiger partial charge in [0.15, 0.2) is 17.2 Å². The molecule has 1 heterocycles. The lowest BCUT2D eigenvalue weighted by molar-refractivity contribution is 0.380. The van der Waals surface area contributed by atoms with Crippen molar-refractivity contribution < 1.29 is 9.47 Å². The number of hydrazone groups is 1. The Morgan fingerprint density at radius 1 is 0.861 bits per heavy atom. The first-order valence-corrected chi connectivity index (χ1v) is 12.4. The van der Waals surface area contributed by atoms with Crippen LogP contribution in [0.1, 0.15) is 5.56 Å². The molecule has 0 aliphatic carbocycles. The number of halogens is 1. The molecule has 6 heteroatoms. The van der Waals surface area contributed by atoms with Crippen molar-refractivity contribution in [3.8, 4) is 28.5 Å². The van der Waals surface area contributed by atoms with Crippen LogP contribution in [0.2, 0.25) is 0 Å². The Morgan fingerprint density at radius 3 is 2.33 bits per heavy atom. The molecular weight excluding hydrogens is 514 g/mol. The molecule has 0 amide bonds. The minimum atomic E-state index is 0.635. The smallest absolute Gasteiger partial charge is 0.169 e. The first-order chi connectivity index (χ1) is 17.5. The van der Waals surface area contributed by atoms with Crippen molar-refractivity contribution in [1.82, 2.24) is 4.57 Å². The third kappa shape index (κ3) is 4.72.